The lowest BCUT2D eigenvalue weighted by Gasteiger charge is -2.24. The zero-order valence-corrected chi connectivity index (χ0v) is 15.0. The van der Waals surface area contributed by atoms with E-state index in [1.807, 2.05) is 18.4 Å². The summed E-state index contributed by atoms with van der Waals surface area (Å²) in [5.74, 6) is 0.545. The lowest BCUT2D eigenvalue weighted by molar-refractivity contribution is 0.648. The van der Waals surface area contributed by atoms with Gasteiger partial charge in [-0.25, -0.2) is 9.80 Å². The molecule has 3 rings (SSSR count). The number of rotatable bonds is 4. The van der Waals surface area contributed by atoms with E-state index in [0.29, 0.717) is 30.2 Å². The number of allylic oxidation sites excluding steroid dienone is 1. The molecule has 0 aliphatic carbocycles. The van der Waals surface area contributed by atoms with Crippen LogP contribution in [0.3, 0.4) is 0 Å². The maximum absolute atomic E-state index is 13.0. The first-order valence-electron chi connectivity index (χ1n) is 8.01. The smallest absolute Gasteiger partial charge is 0.297 e. The van der Waals surface area contributed by atoms with Crippen LogP contribution >= 0.6 is 0 Å². The normalized spacial score (nSPS) is 13.8. The van der Waals surface area contributed by atoms with Gasteiger partial charge < -0.3 is 0 Å². The number of fused-ring (bicyclic) bond motifs is 3. The zero-order valence-electron chi connectivity index (χ0n) is 15.0. The van der Waals surface area contributed by atoms with Crippen molar-refractivity contribution < 1.29 is 0 Å². The van der Waals surface area contributed by atoms with Crippen LogP contribution in [-0.4, -0.2) is 30.9 Å². The van der Waals surface area contributed by atoms with E-state index in [2.05, 4.69) is 23.2 Å². The van der Waals surface area contributed by atoms with Crippen molar-refractivity contribution >= 4 is 22.8 Å². The second-order valence-electron chi connectivity index (χ2n) is 6.71. The molecule has 0 radical (unpaired) electrons. The van der Waals surface area contributed by atoms with Gasteiger partial charge in [-0.2, -0.15) is 10.1 Å². The highest BCUT2D eigenvalue weighted by Crippen LogP contribution is 2.24. The van der Waals surface area contributed by atoms with Crippen molar-refractivity contribution in [2.24, 2.45) is 12.1 Å². The molecule has 0 amide bonds. The summed E-state index contributed by atoms with van der Waals surface area (Å²) in [6, 6.07) is 0. The summed E-state index contributed by atoms with van der Waals surface area (Å²) in [4.78, 5) is 30.1. The fraction of sp³-hybridized carbons (Fsp3) is 0.412. The molecule has 3 heterocycles. The average molecular weight is 342 g/mol. The number of aryl methyl sites for hydroxylation is 1. The Morgan fingerprint density at radius 3 is 2.40 bits per heavy atom. The standard InChI is InChI=1S/C17H22N6O2/c1-10(2)7-22-15(24)13-14(20(6)17(22)25)18-16-21(13)9-12(5)19-23(16)8-11(3)4/h1,3,7-9H2,2,4-6H3. The monoisotopic (exact) mass is 342 g/mol. The van der Waals surface area contributed by atoms with Crippen molar-refractivity contribution in [2.75, 3.05) is 11.6 Å². The first-order valence-corrected chi connectivity index (χ1v) is 8.01. The topological polar surface area (TPSA) is 77.4 Å². The summed E-state index contributed by atoms with van der Waals surface area (Å²) in [7, 11) is 1.62. The minimum atomic E-state index is -0.403. The quantitative estimate of drug-likeness (QED) is 0.784. The Morgan fingerprint density at radius 2 is 1.80 bits per heavy atom. The third-order valence-electron chi connectivity index (χ3n) is 3.97. The van der Waals surface area contributed by atoms with Crippen LogP contribution in [-0.2, 0) is 20.1 Å². The van der Waals surface area contributed by atoms with E-state index in [1.165, 1.54) is 9.13 Å². The molecule has 0 fully saturated rings. The Kier molecular flexibility index (Phi) is 3.98. The Morgan fingerprint density at radius 1 is 1.16 bits per heavy atom. The molecule has 0 saturated carbocycles. The highest BCUT2D eigenvalue weighted by molar-refractivity contribution is 5.87. The molecular weight excluding hydrogens is 320 g/mol. The van der Waals surface area contributed by atoms with Gasteiger partial charge in [0, 0.05) is 7.05 Å². The molecule has 1 aliphatic heterocycles. The molecule has 1 aliphatic rings. The summed E-state index contributed by atoms with van der Waals surface area (Å²) >= 11 is 0. The van der Waals surface area contributed by atoms with E-state index in [4.69, 9.17) is 0 Å². The summed E-state index contributed by atoms with van der Waals surface area (Å²) < 4.78 is 4.42. The number of imidazole rings is 1. The van der Waals surface area contributed by atoms with Crippen LogP contribution in [0.1, 0.15) is 20.8 Å². The van der Waals surface area contributed by atoms with Gasteiger partial charge >= 0.3 is 5.69 Å². The first kappa shape index (κ1) is 16.9. The molecule has 0 saturated heterocycles. The minimum Gasteiger partial charge on any atom is -0.297 e. The number of aromatic nitrogens is 4. The lowest BCUT2D eigenvalue weighted by atomic mass is 10.3. The lowest BCUT2D eigenvalue weighted by Crippen LogP contribution is -2.40. The Labute approximate surface area is 145 Å². The molecule has 8 nitrogen and oxygen atoms in total. The van der Waals surface area contributed by atoms with Crippen molar-refractivity contribution in [2.45, 2.75) is 33.9 Å². The van der Waals surface area contributed by atoms with Gasteiger partial charge in [-0.1, -0.05) is 24.3 Å². The van der Waals surface area contributed by atoms with Crippen LogP contribution in [0, 0.1) is 0 Å². The number of anilines is 1. The second kappa shape index (κ2) is 5.87. The van der Waals surface area contributed by atoms with E-state index in [1.54, 1.807) is 19.0 Å². The van der Waals surface area contributed by atoms with Gasteiger partial charge in [0.05, 0.1) is 25.3 Å². The molecule has 0 bridgehead atoms. The number of hydrazone groups is 1. The van der Waals surface area contributed by atoms with E-state index < -0.39 is 5.69 Å². The maximum Gasteiger partial charge on any atom is 0.332 e. The SMILES string of the molecule is C=C(C)CN1N=C(C)Cn2c1nc1c2c(=O)n(CC(=C)C)c(=O)n1C. The summed E-state index contributed by atoms with van der Waals surface area (Å²) in [5.41, 5.74) is 2.51. The predicted molar refractivity (Wildman–Crippen MR) is 99.3 cm³/mol. The highest BCUT2D eigenvalue weighted by Gasteiger charge is 2.26. The Balaban J connectivity index is 2.34. The van der Waals surface area contributed by atoms with E-state index >= 15 is 0 Å². The van der Waals surface area contributed by atoms with Crippen molar-refractivity contribution in [3.63, 3.8) is 0 Å². The van der Waals surface area contributed by atoms with Crippen LogP contribution in [0.25, 0.3) is 11.2 Å². The molecule has 8 heteroatoms. The maximum atomic E-state index is 13.0. The molecule has 2 aromatic heterocycles. The third-order valence-corrected chi connectivity index (χ3v) is 3.97. The average Bonchev–Trinajstić information content (AvgIpc) is 2.88. The Bertz CT molecular complexity index is 1050. The second-order valence-corrected chi connectivity index (χ2v) is 6.71. The van der Waals surface area contributed by atoms with Gasteiger partial charge in [-0.05, 0) is 20.8 Å². The molecule has 25 heavy (non-hydrogen) atoms. The highest BCUT2D eigenvalue weighted by atomic mass is 16.2. The molecule has 0 aromatic carbocycles. The number of hydrogen-bond donors (Lipinski definition) is 0. The zero-order chi connectivity index (χ0) is 18.5. The van der Waals surface area contributed by atoms with Crippen LogP contribution in [0.2, 0.25) is 0 Å². The van der Waals surface area contributed by atoms with Crippen LogP contribution < -0.4 is 16.3 Å². The van der Waals surface area contributed by atoms with Gasteiger partial charge in [0.1, 0.15) is 0 Å². The molecule has 0 unspecified atom stereocenters. The Hall–Kier alpha value is -2.90. The largest absolute Gasteiger partial charge is 0.332 e. The summed E-state index contributed by atoms with van der Waals surface area (Å²) in [6.07, 6.45) is 0. The van der Waals surface area contributed by atoms with Crippen molar-refractivity contribution in [3.8, 4) is 0 Å². The van der Waals surface area contributed by atoms with Crippen molar-refractivity contribution in [1.29, 1.82) is 0 Å². The van der Waals surface area contributed by atoms with Gasteiger partial charge in [0.2, 0.25) is 5.95 Å². The van der Waals surface area contributed by atoms with Crippen LogP contribution in [0.15, 0.2) is 39.0 Å². The van der Waals surface area contributed by atoms with E-state index in [9.17, 15) is 9.59 Å². The predicted octanol–water partition coefficient (Wildman–Crippen LogP) is 1.24. The van der Waals surface area contributed by atoms with Gasteiger partial charge in [-0.15, -0.1) is 0 Å². The van der Waals surface area contributed by atoms with Crippen molar-refractivity contribution in [3.05, 3.63) is 45.1 Å². The van der Waals surface area contributed by atoms with E-state index in [-0.39, 0.29) is 12.1 Å². The number of hydrogen-bond acceptors (Lipinski definition) is 5. The molecular formula is C17H22N6O2. The molecule has 132 valence electrons. The van der Waals surface area contributed by atoms with Gasteiger partial charge in [0.25, 0.3) is 5.56 Å². The molecule has 0 spiro atoms. The fourth-order valence-electron chi connectivity index (χ4n) is 2.99. The van der Waals surface area contributed by atoms with Gasteiger partial charge in [-0.3, -0.25) is 18.5 Å². The first-order chi connectivity index (χ1) is 11.7. The fourth-order valence-corrected chi connectivity index (χ4v) is 2.99. The summed E-state index contributed by atoms with van der Waals surface area (Å²) in [5, 5.41) is 6.22. The van der Waals surface area contributed by atoms with Crippen molar-refractivity contribution in [1.82, 2.24) is 18.7 Å². The summed E-state index contributed by atoms with van der Waals surface area (Å²) in [6.45, 7) is 14.4. The van der Waals surface area contributed by atoms with E-state index in [0.717, 1.165) is 16.9 Å². The molecule has 0 atom stereocenters. The van der Waals surface area contributed by atoms with Crippen LogP contribution in [0.4, 0.5) is 5.95 Å². The van der Waals surface area contributed by atoms with Gasteiger partial charge in [0.15, 0.2) is 11.2 Å². The third kappa shape index (κ3) is 2.73. The van der Waals surface area contributed by atoms with Crippen LogP contribution in [0.5, 0.6) is 0 Å². The molecule has 2 aromatic rings. The molecule has 0 N–H and O–H groups in total. The number of nitrogens with zero attached hydrogens (tertiary/aromatic N) is 6. The minimum absolute atomic E-state index is 0.185.